The van der Waals surface area contributed by atoms with Crippen molar-refractivity contribution in [1.29, 1.82) is 0 Å². The number of rotatable bonds is 4. The minimum absolute atomic E-state index is 0.0222. The van der Waals surface area contributed by atoms with Crippen LogP contribution in [0.1, 0.15) is 49.3 Å². The zero-order chi connectivity index (χ0) is 19.2. The van der Waals surface area contributed by atoms with Crippen LogP contribution in [0.25, 0.3) is 0 Å². The van der Waals surface area contributed by atoms with Crippen molar-refractivity contribution in [2.75, 3.05) is 26.2 Å². The third-order valence-electron chi connectivity index (χ3n) is 6.13. The molecule has 1 aromatic carbocycles. The molecule has 28 heavy (non-hydrogen) atoms. The van der Waals surface area contributed by atoms with Gasteiger partial charge in [-0.25, -0.2) is 4.79 Å². The minimum atomic E-state index is -0.159. The number of aromatic nitrogens is 1. The van der Waals surface area contributed by atoms with Crippen molar-refractivity contribution in [3.05, 3.63) is 66.0 Å². The van der Waals surface area contributed by atoms with Crippen molar-refractivity contribution < 1.29 is 4.79 Å². The van der Waals surface area contributed by atoms with Crippen LogP contribution in [0, 0.1) is 0 Å². The molecule has 1 aromatic heterocycles. The molecule has 2 aromatic rings. The van der Waals surface area contributed by atoms with Gasteiger partial charge in [-0.3, -0.25) is 9.88 Å². The summed E-state index contributed by atoms with van der Waals surface area (Å²) in [5.74, 6) is 0. The first kappa shape index (κ1) is 18.9. The van der Waals surface area contributed by atoms with Gasteiger partial charge in [-0.05, 0) is 36.1 Å². The molecule has 0 spiro atoms. The monoisotopic (exact) mass is 378 g/mol. The topological polar surface area (TPSA) is 48.5 Å². The first-order valence-corrected chi connectivity index (χ1v) is 10.6. The highest BCUT2D eigenvalue weighted by molar-refractivity contribution is 5.75. The average Bonchev–Trinajstić information content (AvgIpc) is 2.79. The summed E-state index contributed by atoms with van der Waals surface area (Å²) < 4.78 is 0. The van der Waals surface area contributed by atoms with E-state index in [4.69, 9.17) is 0 Å². The Labute approximate surface area is 167 Å². The number of urea groups is 1. The number of carbonyl (C=O) groups excluding carboxylic acids is 1. The van der Waals surface area contributed by atoms with E-state index in [0.717, 1.165) is 43.3 Å². The highest BCUT2D eigenvalue weighted by Gasteiger charge is 2.28. The van der Waals surface area contributed by atoms with E-state index in [2.05, 4.69) is 27.3 Å². The van der Waals surface area contributed by atoms with E-state index in [9.17, 15) is 4.79 Å². The van der Waals surface area contributed by atoms with Crippen molar-refractivity contribution in [2.45, 2.75) is 44.2 Å². The Morgan fingerprint density at radius 3 is 2.21 bits per heavy atom. The number of hydrogen-bond acceptors (Lipinski definition) is 3. The molecule has 0 unspecified atom stereocenters. The summed E-state index contributed by atoms with van der Waals surface area (Å²) in [5, 5.41) is 3.25. The molecular weight excluding hydrogens is 348 g/mol. The van der Waals surface area contributed by atoms with Gasteiger partial charge < -0.3 is 10.2 Å². The van der Waals surface area contributed by atoms with Crippen molar-refractivity contribution in [2.24, 2.45) is 0 Å². The van der Waals surface area contributed by atoms with Gasteiger partial charge in [-0.1, -0.05) is 49.6 Å². The van der Waals surface area contributed by atoms with Crippen LogP contribution in [0.5, 0.6) is 0 Å². The maximum atomic E-state index is 13.0. The Morgan fingerprint density at radius 1 is 0.893 bits per heavy atom. The van der Waals surface area contributed by atoms with Crippen LogP contribution >= 0.6 is 0 Å². The molecule has 2 amide bonds. The minimum Gasteiger partial charge on any atom is -0.327 e. The van der Waals surface area contributed by atoms with Crippen LogP contribution in [0.2, 0.25) is 0 Å². The molecule has 1 atom stereocenters. The Hall–Kier alpha value is -2.40. The van der Waals surface area contributed by atoms with Crippen LogP contribution in [0.3, 0.4) is 0 Å². The largest absolute Gasteiger partial charge is 0.327 e. The van der Waals surface area contributed by atoms with E-state index in [1.165, 1.54) is 32.1 Å². The highest BCUT2D eigenvalue weighted by atomic mass is 16.2. The first-order valence-electron chi connectivity index (χ1n) is 10.6. The lowest BCUT2D eigenvalue weighted by Crippen LogP contribution is -2.54. The van der Waals surface area contributed by atoms with Crippen LogP contribution in [-0.2, 0) is 0 Å². The average molecular weight is 379 g/mol. The van der Waals surface area contributed by atoms with E-state index in [0.29, 0.717) is 0 Å². The summed E-state index contributed by atoms with van der Waals surface area (Å²) >= 11 is 0. The second-order valence-corrected chi connectivity index (χ2v) is 7.89. The molecule has 0 radical (unpaired) electrons. The fraction of sp³-hybridized carbons (Fsp3) is 0.478. The van der Waals surface area contributed by atoms with E-state index in [-0.39, 0.29) is 12.1 Å². The van der Waals surface area contributed by atoms with Gasteiger partial charge in [0.1, 0.15) is 0 Å². The number of hydrogen-bond donors (Lipinski definition) is 1. The van der Waals surface area contributed by atoms with Gasteiger partial charge in [0.05, 0.1) is 6.04 Å². The highest BCUT2D eigenvalue weighted by Crippen LogP contribution is 2.24. The number of piperazine rings is 1. The van der Waals surface area contributed by atoms with E-state index in [1.807, 2.05) is 35.2 Å². The van der Waals surface area contributed by atoms with Gasteiger partial charge in [0, 0.05) is 44.6 Å². The van der Waals surface area contributed by atoms with E-state index >= 15 is 0 Å². The lowest BCUT2D eigenvalue weighted by molar-refractivity contribution is 0.0900. The Morgan fingerprint density at radius 2 is 1.54 bits per heavy atom. The Balaban J connectivity index is 1.40. The van der Waals surface area contributed by atoms with Crippen molar-refractivity contribution in [3.63, 3.8) is 0 Å². The third kappa shape index (κ3) is 4.53. The van der Waals surface area contributed by atoms with Gasteiger partial charge in [0.2, 0.25) is 0 Å². The third-order valence-corrected chi connectivity index (χ3v) is 6.13. The molecule has 148 valence electrons. The smallest absolute Gasteiger partial charge is 0.318 e. The molecule has 2 aliphatic rings. The quantitative estimate of drug-likeness (QED) is 0.880. The lowest BCUT2D eigenvalue weighted by atomic mass is 9.94. The summed E-state index contributed by atoms with van der Waals surface area (Å²) in [5.41, 5.74) is 2.14. The number of benzene rings is 1. The SMILES string of the molecule is O=C(N[C@H](c1ccccc1)c1ccncc1)N1CCN(C2CCCCC2)CC1. The Kier molecular flexibility index (Phi) is 6.22. The molecule has 1 saturated carbocycles. The maximum absolute atomic E-state index is 13.0. The molecule has 2 heterocycles. The normalized spacial score (nSPS) is 19.9. The summed E-state index contributed by atoms with van der Waals surface area (Å²) in [6, 6.07) is 14.7. The summed E-state index contributed by atoms with van der Waals surface area (Å²) in [4.78, 5) is 21.7. The van der Waals surface area contributed by atoms with Gasteiger partial charge in [0.25, 0.3) is 0 Å². The van der Waals surface area contributed by atoms with E-state index in [1.54, 1.807) is 12.4 Å². The molecule has 5 heteroatoms. The molecule has 0 bridgehead atoms. The molecule has 1 saturated heterocycles. The molecule has 1 N–H and O–H groups in total. The molecule has 2 fully saturated rings. The first-order chi connectivity index (χ1) is 13.8. The number of amides is 2. The zero-order valence-corrected chi connectivity index (χ0v) is 16.5. The predicted octanol–water partition coefficient (Wildman–Crippen LogP) is 3.83. The fourth-order valence-electron chi connectivity index (χ4n) is 4.51. The fourth-order valence-corrected chi connectivity index (χ4v) is 4.51. The molecule has 4 rings (SSSR count). The number of pyridine rings is 1. The van der Waals surface area contributed by atoms with Crippen LogP contribution in [0.4, 0.5) is 4.79 Å². The second kappa shape index (κ2) is 9.20. The Bertz CT molecular complexity index is 698. The van der Waals surface area contributed by atoms with Gasteiger partial charge >= 0.3 is 6.03 Å². The number of carbonyl (C=O) groups is 1. The summed E-state index contributed by atoms with van der Waals surface area (Å²) in [6.45, 7) is 3.59. The second-order valence-electron chi connectivity index (χ2n) is 7.89. The number of nitrogens with one attached hydrogen (secondary N) is 1. The molecule has 5 nitrogen and oxygen atoms in total. The summed E-state index contributed by atoms with van der Waals surface area (Å²) in [7, 11) is 0. The van der Waals surface area contributed by atoms with Crippen LogP contribution in [-0.4, -0.2) is 53.0 Å². The van der Waals surface area contributed by atoms with E-state index < -0.39 is 0 Å². The number of nitrogens with zero attached hydrogens (tertiary/aromatic N) is 3. The van der Waals surface area contributed by atoms with Crippen LogP contribution in [0.15, 0.2) is 54.9 Å². The zero-order valence-electron chi connectivity index (χ0n) is 16.5. The van der Waals surface area contributed by atoms with Crippen molar-refractivity contribution >= 4 is 6.03 Å². The lowest BCUT2D eigenvalue weighted by Gasteiger charge is -2.41. The molecule has 1 aliphatic heterocycles. The van der Waals surface area contributed by atoms with Crippen molar-refractivity contribution in [1.82, 2.24) is 20.1 Å². The molecule has 1 aliphatic carbocycles. The van der Waals surface area contributed by atoms with Gasteiger partial charge in [0.15, 0.2) is 0 Å². The standard InChI is InChI=1S/C23H30N4O/c28-23(27-17-15-26(16-18-27)21-9-5-2-6-10-21)25-22(19-7-3-1-4-8-19)20-11-13-24-14-12-20/h1,3-4,7-8,11-14,21-22H,2,5-6,9-10,15-18H2,(H,25,28)/t22-/m1/s1. The maximum Gasteiger partial charge on any atom is 0.318 e. The van der Waals surface area contributed by atoms with Crippen molar-refractivity contribution in [3.8, 4) is 0 Å². The molecular formula is C23H30N4O. The predicted molar refractivity (Wildman–Crippen MR) is 111 cm³/mol. The van der Waals surface area contributed by atoms with Gasteiger partial charge in [-0.15, -0.1) is 0 Å². The van der Waals surface area contributed by atoms with Gasteiger partial charge in [-0.2, -0.15) is 0 Å². The van der Waals surface area contributed by atoms with Crippen LogP contribution < -0.4 is 5.32 Å². The summed E-state index contributed by atoms with van der Waals surface area (Å²) in [6.07, 6.45) is 10.3.